The fourth-order valence-electron chi connectivity index (χ4n) is 5.23. The first kappa shape index (κ1) is 30.5. The molecular formula is C33H30ClN5O5. The second-order valence-corrected chi connectivity index (χ2v) is 10.9. The number of piperidine rings is 1. The Hall–Kier alpha value is -4.93. The summed E-state index contributed by atoms with van der Waals surface area (Å²) in [5, 5.41) is 15.5. The Morgan fingerprint density at radius 1 is 0.909 bits per heavy atom. The van der Waals surface area contributed by atoms with Crippen molar-refractivity contribution in [1.29, 1.82) is 0 Å². The highest BCUT2D eigenvalue weighted by Crippen LogP contribution is 2.37. The number of hydrogen-bond acceptors (Lipinski definition) is 7. The van der Waals surface area contributed by atoms with Crippen molar-refractivity contribution in [1.82, 2.24) is 14.9 Å². The van der Waals surface area contributed by atoms with Gasteiger partial charge in [0.05, 0.1) is 10.7 Å². The highest BCUT2D eigenvalue weighted by atomic mass is 35.5. The first-order valence-corrected chi connectivity index (χ1v) is 14.5. The lowest BCUT2D eigenvalue weighted by molar-refractivity contribution is -0.144. The fourth-order valence-corrected chi connectivity index (χ4v) is 5.50. The van der Waals surface area contributed by atoms with E-state index < -0.39 is 23.8 Å². The zero-order valence-electron chi connectivity index (χ0n) is 23.9. The standard InChI is InChI=1S/C33H30ClN5O5/c1-20-23(24-7-5-9-26(30(24)34)38-32(42)28-14-12-22(19-40)17-36-28)6-4-8-25(20)37-31(41)27-13-11-21(16-35-27)18-39-15-3-2-10-29(39)33(43)44/h4-9,11-14,16-17,19,29H,2-3,10,15,18H2,1H3,(H,37,41)(H,38,42)(H,43,44)/t29-/m0/s1. The number of nitrogens with one attached hydrogen (secondary N) is 2. The monoisotopic (exact) mass is 611 g/mol. The van der Waals surface area contributed by atoms with Crippen molar-refractivity contribution < 1.29 is 24.3 Å². The molecular weight excluding hydrogens is 582 g/mol. The van der Waals surface area contributed by atoms with Gasteiger partial charge in [-0.3, -0.25) is 34.0 Å². The molecule has 11 heteroatoms. The number of pyridine rings is 2. The molecule has 1 saturated heterocycles. The van der Waals surface area contributed by atoms with E-state index in [2.05, 4.69) is 20.6 Å². The fraction of sp³-hybridized carbons (Fsp3) is 0.212. The molecule has 5 rings (SSSR count). The Morgan fingerprint density at radius 3 is 2.20 bits per heavy atom. The van der Waals surface area contributed by atoms with Crippen LogP contribution in [0.3, 0.4) is 0 Å². The third-order valence-electron chi connectivity index (χ3n) is 7.62. The Labute approximate surface area is 259 Å². The smallest absolute Gasteiger partial charge is 0.320 e. The van der Waals surface area contributed by atoms with Gasteiger partial charge in [-0.2, -0.15) is 0 Å². The Bertz CT molecular complexity index is 1710. The molecule has 1 atom stereocenters. The number of aromatic nitrogens is 2. The van der Waals surface area contributed by atoms with Crippen LogP contribution in [-0.4, -0.2) is 56.6 Å². The number of halogens is 1. The third-order valence-corrected chi connectivity index (χ3v) is 8.02. The molecule has 10 nitrogen and oxygen atoms in total. The van der Waals surface area contributed by atoms with Crippen molar-refractivity contribution in [3.63, 3.8) is 0 Å². The molecule has 4 aromatic rings. The summed E-state index contributed by atoms with van der Waals surface area (Å²) >= 11 is 6.74. The molecule has 0 spiro atoms. The van der Waals surface area contributed by atoms with Gasteiger partial charge in [0.15, 0.2) is 6.29 Å². The van der Waals surface area contributed by atoms with Gasteiger partial charge in [-0.15, -0.1) is 0 Å². The zero-order valence-corrected chi connectivity index (χ0v) is 24.7. The van der Waals surface area contributed by atoms with E-state index in [9.17, 15) is 24.3 Å². The molecule has 1 fully saturated rings. The quantitative estimate of drug-likeness (QED) is 0.200. The minimum Gasteiger partial charge on any atom is -0.480 e. The van der Waals surface area contributed by atoms with Crippen LogP contribution < -0.4 is 10.6 Å². The van der Waals surface area contributed by atoms with Gasteiger partial charge in [-0.1, -0.05) is 48.4 Å². The average Bonchev–Trinajstić information content (AvgIpc) is 3.03. The van der Waals surface area contributed by atoms with Crippen LogP contribution in [0.1, 0.15) is 61.7 Å². The van der Waals surface area contributed by atoms with E-state index in [0.29, 0.717) is 53.3 Å². The van der Waals surface area contributed by atoms with Crippen LogP contribution in [0.5, 0.6) is 0 Å². The van der Waals surface area contributed by atoms with E-state index in [1.54, 1.807) is 42.6 Å². The maximum Gasteiger partial charge on any atom is 0.320 e. The number of carboxylic acids is 1. The van der Waals surface area contributed by atoms with Crippen LogP contribution in [0.15, 0.2) is 73.1 Å². The minimum absolute atomic E-state index is 0.135. The van der Waals surface area contributed by atoms with E-state index in [0.717, 1.165) is 29.5 Å². The molecule has 2 aromatic heterocycles. The SMILES string of the molecule is Cc1c(NC(=O)c2ccc(CN3CCCC[C@H]3C(=O)O)cn2)cccc1-c1cccc(NC(=O)c2ccc(C=O)cn2)c1Cl. The van der Waals surface area contributed by atoms with Crippen molar-refractivity contribution in [2.45, 2.75) is 38.8 Å². The van der Waals surface area contributed by atoms with Crippen LogP contribution in [0.25, 0.3) is 11.1 Å². The van der Waals surface area contributed by atoms with E-state index in [1.807, 2.05) is 24.0 Å². The topological polar surface area (TPSA) is 142 Å². The predicted molar refractivity (Wildman–Crippen MR) is 167 cm³/mol. The Kier molecular flexibility index (Phi) is 9.42. The summed E-state index contributed by atoms with van der Waals surface area (Å²) < 4.78 is 0. The third kappa shape index (κ3) is 6.82. The lowest BCUT2D eigenvalue weighted by atomic mass is 9.98. The number of rotatable bonds is 9. The van der Waals surface area contributed by atoms with E-state index in [1.165, 1.54) is 18.3 Å². The number of aliphatic carboxylic acids is 1. The lowest BCUT2D eigenvalue weighted by Crippen LogP contribution is -2.44. The van der Waals surface area contributed by atoms with Gasteiger partial charge in [0.25, 0.3) is 11.8 Å². The summed E-state index contributed by atoms with van der Waals surface area (Å²) in [5.74, 6) is -1.68. The molecule has 2 aromatic carbocycles. The molecule has 0 radical (unpaired) electrons. The van der Waals surface area contributed by atoms with Gasteiger partial charge in [0, 0.05) is 35.8 Å². The molecule has 0 unspecified atom stereocenters. The zero-order chi connectivity index (χ0) is 31.2. The number of likely N-dealkylation sites (tertiary alicyclic amines) is 1. The summed E-state index contributed by atoms with van der Waals surface area (Å²) in [5.41, 5.74) is 4.69. The van der Waals surface area contributed by atoms with Crippen molar-refractivity contribution in [3.05, 3.63) is 106 Å². The van der Waals surface area contributed by atoms with Gasteiger partial charge in [-0.25, -0.2) is 0 Å². The highest BCUT2D eigenvalue weighted by molar-refractivity contribution is 6.36. The molecule has 44 heavy (non-hydrogen) atoms. The molecule has 3 N–H and O–H groups in total. The number of nitrogens with zero attached hydrogens (tertiary/aromatic N) is 3. The molecule has 1 aliphatic heterocycles. The second-order valence-electron chi connectivity index (χ2n) is 10.5. The number of carbonyl (C=O) groups is 4. The van der Waals surface area contributed by atoms with Crippen molar-refractivity contribution in [2.24, 2.45) is 0 Å². The summed E-state index contributed by atoms with van der Waals surface area (Å²) in [6, 6.07) is 16.6. The van der Waals surface area contributed by atoms with Crippen LogP contribution in [0.2, 0.25) is 5.02 Å². The number of anilines is 2. The van der Waals surface area contributed by atoms with E-state index in [4.69, 9.17) is 11.6 Å². The van der Waals surface area contributed by atoms with Gasteiger partial charge in [0.1, 0.15) is 17.4 Å². The first-order chi connectivity index (χ1) is 21.2. The lowest BCUT2D eigenvalue weighted by Gasteiger charge is -2.32. The number of carboxylic acid groups (broad SMARTS) is 1. The van der Waals surface area contributed by atoms with Crippen molar-refractivity contribution in [3.8, 4) is 11.1 Å². The van der Waals surface area contributed by atoms with Crippen molar-refractivity contribution >= 4 is 47.0 Å². The highest BCUT2D eigenvalue weighted by Gasteiger charge is 2.28. The second kappa shape index (κ2) is 13.6. The van der Waals surface area contributed by atoms with Gasteiger partial charge < -0.3 is 15.7 Å². The first-order valence-electron chi connectivity index (χ1n) is 14.1. The molecule has 0 saturated carbocycles. The number of carbonyl (C=O) groups excluding carboxylic acids is 3. The molecule has 0 bridgehead atoms. The average molecular weight is 612 g/mol. The normalized spacial score (nSPS) is 14.9. The number of aldehydes is 1. The van der Waals surface area contributed by atoms with Gasteiger partial charge in [-0.05, 0) is 73.3 Å². The molecule has 2 amide bonds. The van der Waals surface area contributed by atoms with Crippen LogP contribution in [0, 0.1) is 6.92 Å². The van der Waals surface area contributed by atoms with Gasteiger partial charge >= 0.3 is 5.97 Å². The summed E-state index contributed by atoms with van der Waals surface area (Å²) in [4.78, 5) is 58.7. The van der Waals surface area contributed by atoms with Gasteiger partial charge in [0.2, 0.25) is 0 Å². The van der Waals surface area contributed by atoms with E-state index >= 15 is 0 Å². The number of benzene rings is 2. The van der Waals surface area contributed by atoms with Crippen molar-refractivity contribution in [2.75, 3.05) is 17.2 Å². The maximum atomic E-state index is 13.1. The van der Waals surface area contributed by atoms with E-state index in [-0.39, 0.29) is 11.4 Å². The predicted octanol–water partition coefficient (Wildman–Crippen LogP) is 5.86. The minimum atomic E-state index is -0.816. The maximum absolute atomic E-state index is 13.1. The van der Waals surface area contributed by atoms with Crippen LogP contribution in [0.4, 0.5) is 11.4 Å². The summed E-state index contributed by atoms with van der Waals surface area (Å²) in [7, 11) is 0. The number of amides is 2. The number of hydrogen-bond donors (Lipinski definition) is 3. The Morgan fingerprint density at radius 2 is 1.57 bits per heavy atom. The molecule has 224 valence electrons. The van der Waals surface area contributed by atoms with Crippen LogP contribution in [-0.2, 0) is 11.3 Å². The summed E-state index contributed by atoms with van der Waals surface area (Å²) in [6.45, 7) is 3.02. The Balaban J connectivity index is 1.29. The molecule has 0 aliphatic carbocycles. The largest absolute Gasteiger partial charge is 0.480 e. The summed E-state index contributed by atoms with van der Waals surface area (Å²) in [6.07, 6.45) is 6.06. The molecule has 1 aliphatic rings. The van der Waals surface area contributed by atoms with Crippen LogP contribution >= 0.6 is 11.6 Å². The molecule has 3 heterocycles.